The van der Waals surface area contributed by atoms with E-state index in [1.807, 2.05) is 0 Å². The third-order valence-electron chi connectivity index (χ3n) is 2.66. The van der Waals surface area contributed by atoms with Gasteiger partial charge in [0.05, 0.1) is 12.7 Å². The fourth-order valence-electron chi connectivity index (χ4n) is 1.70. The second-order valence-corrected chi connectivity index (χ2v) is 6.61. The molecule has 0 unspecified atom stereocenters. The summed E-state index contributed by atoms with van der Waals surface area (Å²) in [5.41, 5.74) is 0.554. The van der Waals surface area contributed by atoms with Crippen molar-refractivity contribution in [3.05, 3.63) is 58.6 Å². The summed E-state index contributed by atoms with van der Waals surface area (Å²) in [6, 6.07) is 12.6. The van der Waals surface area contributed by atoms with E-state index in [0.29, 0.717) is 4.47 Å². The van der Waals surface area contributed by atoms with Crippen molar-refractivity contribution in [2.75, 3.05) is 11.8 Å². The highest BCUT2D eigenvalue weighted by Gasteiger charge is 2.17. The van der Waals surface area contributed by atoms with Crippen molar-refractivity contribution < 1.29 is 17.9 Å². The lowest BCUT2D eigenvalue weighted by Crippen LogP contribution is -2.14. The number of methoxy groups -OCH3 is 1. The maximum absolute atomic E-state index is 12.3. The van der Waals surface area contributed by atoms with Gasteiger partial charge in [0.25, 0.3) is 10.0 Å². The summed E-state index contributed by atoms with van der Waals surface area (Å²) >= 11 is 3.20. The lowest BCUT2D eigenvalue weighted by Gasteiger charge is -2.10. The molecule has 0 heterocycles. The predicted octanol–water partition coefficient (Wildman–Crippen LogP) is 3.04. The fraction of sp³-hybridized carbons (Fsp3) is 0.0714. The molecule has 0 saturated carbocycles. The van der Waals surface area contributed by atoms with E-state index in [-0.39, 0.29) is 16.1 Å². The second-order valence-electron chi connectivity index (χ2n) is 4.11. The van der Waals surface area contributed by atoms with Gasteiger partial charge in [-0.25, -0.2) is 13.2 Å². The molecule has 0 aliphatic rings. The number of halogens is 1. The number of ether oxygens (including phenoxy) is 1. The number of anilines is 1. The number of carbonyl (C=O) groups is 1. The Balaban J connectivity index is 2.34. The van der Waals surface area contributed by atoms with Crippen LogP contribution in [0, 0.1) is 0 Å². The Hall–Kier alpha value is -1.86. The maximum Gasteiger partial charge on any atom is 0.337 e. The van der Waals surface area contributed by atoms with Crippen LogP contribution in [0.25, 0.3) is 0 Å². The van der Waals surface area contributed by atoms with Crippen molar-refractivity contribution in [1.82, 2.24) is 0 Å². The van der Waals surface area contributed by atoms with Gasteiger partial charge in [-0.05, 0) is 46.3 Å². The fourth-order valence-corrected chi connectivity index (χ4v) is 3.75. The molecule has 5 nitrogen and oxygen atoms in total. The van der Waals surface area contributed by atoms with Crippen LogP contribution in [0.3, 0.4) is 0 Å². The van der Waals surface area contributed by atoms with Gasteiger partial charge in [0, 0.05) is 10.2 Å². The molecule has 0 spiro atoms. The summed E-state index contributed by atoms with van der Waals surface area (Å²) in [4.78, 5) is 11.6. The number of carbonyl (C=O) groups excluding carboxylic acids is 1. The standard InChI is InChI=1S/C14H12BrNO4S/c1-20-14(17)10-5-4-6-11(9-10)16-21(18,19)13-8-3-2-7-12(13)15/h2-9,16H,1H3. The van der Waals surface area contributed by atoms with Gasteiger partial charge in [-0.1, -0.05) is 18.2 Å². The minimum absolute atomic E-state index is 0.119. The summed E-state index contributed by atoms with van der Waals surface area (Å²) < 4.78 is 32.1. The van der Waals surface area contributed by atoms with Gasteiger partial charge in [-0.15, -0.1) is 0 Å². The Morgan fingerprint density at radius 3 is 2.52 bits per heavy atom. The van der Waals surface area contributed by atoms with Gasteiger partial charge in [0.15, 0.2) is 0 Å². The third kappa shape index (κ3) is 3.62. The number of benzene rings is 2. The molecule has 0 radical (unpaired) electrons. The first-order valence-electron chi connectivity index (χ1n) is 5.90. The number of hydrogen-bond donors (Lipinski definition) is 1. The van der Waals surface area contributed by atoms with Crippen LogP contribution in [0.4, 0.5) is 5.69 Å². The molecule has 0 saturated heterocycles. The van der Waals surface area contributed by atoms with Crippen molar-refractivity contribution in [2.24, 2.45) is 0 Å². The van der Waals surface area contributed by atoms with Crippen LogP contribution in [0.5, 0.6) is 0 Å². The molecule has 21 heavy (non-hydrogen) atoms. The molecule has 0 aliphatic carbocycles. The Labute approximate surface area is 131 Å². The molecule has 0 aromatic heterocycles. The Morgan fingerprint density at radius 2 is 1.86 bits per heavy atom. The number of rotatable bonds is 4. The summed E-state index contributed by atoms with van der Waals surface area (Å²) in [5.74, 6) is -0.531. The second kappa shape index (κ2) is 6.28. The molecule has 0 atom stereocenters. The lowest BCUT2D eigenvalue weighted by atomic mass is 10.2. The molecule has 2 aromatic carbocycles. The quantitative estimate of drug-likeness (QED) is 0.840. The molecule has 7 heteroatoms. The van der Waals surface area contributed by atoms with E-state index < -0.39 is 16.0 Å². The molecule has 1 N–H and O–H groups in total. The first kappa shape index (κ1) is 15.5. The van der Waals surface area contributed by atoms with E-state index in [0.717, 1.165) is 0 Å². The van der Waals surface area contributed by atoms with E-state index in [2.05, 4.69) is 25.4 Å². The Bertz CT molecular complexity index is 774. The van der Waals surface area contributed by atoms with Crippen LogP contribution in [0.15, 0.2) is 57.9 Å². The highest BCUT2D eigenvalue weighted by atomic mass is 79.9. The lowest BCUT2D eigenvalue weighted by molar-refractivity contribution is 0.0601. The van der Waals surface area contributed by atoms with Crippen molar-refractivity contribution in [2.45, 2.75) is 4.90 Å². The summed E-state index contributed by atoms with van der Waals surface area (Å²) in [6.07, 6.45) is 0. The Kier molecular flexibility index (Phi) is 4.64. The topological polar surface area (TPSA) is 72.5 Å². The summed E-state index contributed by atoms with van der Waals surface area (Å²) in [7, 11) is -2.48. The zero-order chi connectivity index (χ0) is 15.5. The van der Waals surface area contributed by atoms with E-state index in [1.54, 1.807) is 36.4 Å². The van der Waals surface area contributed by atoms with Gasteiger partial charge in [0.2, 0.25) is 0 Å². The highest BCUT2D eigenvalue weighted by molar-refractivity contribution is 9.10. The van der Waals surface area contributed by atoms with Gasteiger partial charge < -0.3 is 4.74 Å². The third-order valence-corrected chi connectivity index (χ3v) is 5.06. The number of hydrogen-bond acceptors (Lipinski definition) is 4. The van der Waals surface area contributed by atoms with Gasteiger partial charge in [-0.2, -0.15) is 0 Å². The predicted molar refractivity (Wildman–Crippen MR) is 82.7 cm³/mol. The first-order valence-corrected chi connectivity index (χ1v) is 8.17. The van der Waals surface area contributed by atoms with Crippen LogP contribution < -0.4 is 4.72 Å². The van der Waals surface area contributed by atoms with Gasteiger partial charge in [-0.3, -0.25) is 4.72 Å². The molecule has 110 valence electrons. The zero-order valence-corrected chi connectivity index (χ0v) is 13.4. The summed E-state index contributed by atoms with van der Waals surface area (Å²) in [6.45, 7) is 0. The van der Waals surface area contributed by atoms with E-state index in [4.69, 9.17) is 0 Å². The van der Waals surface area contributed by atoms with Crippen LogP contribution in [-0.2, 0) is 14.8 Å². The molecule has 0 bridgehead atoms. The van der Waals surface area contributed by atoms with Crippen molar-refractivity contribution in [1.29, 1.82) is 0 Å². The van der Waals surface area contributed by atoms with Crippen LogP contribution >= 0.6 is 15.9 Å². The molecule has 0 amide bonds. The van der Waals surface area contributed by atoms with Gasteiger partial charge >= 0.3 is 5.97 Å². The van der Waals surface area contributed by atoms with Crippen molar-refractivity contribution in [3.63, 3.8) is 0 Å². The van der Waals surface area contributed by atoms with Crippen molar-refractivity contribution >= 4 is 37.6 Å². The minimum atomic E-state index is -3.74. The molecule has 0 fully saturated rings. The number of esters is 1. The van der Waals surface area contributed by atoms with Crippen LogP contribution in [0.2, 0.25) is 0 Å². The smallest absolute Gasteiger partial charge is 0.337 e. The normalized spacial score (nSPS) is 11.0. The number of sulfonamides is 1. The SMILES string of the molecule is COC(=O)c1cccc(NS(=O)(=O)c2ccccc2Br)c1. The number of nitrogens with one attached hydrogen (secondary N) is 1. The van der Waals surface area contributed by atoms with E-state index in [9.17, 15) is 13.2 Å². The molecular formula is C14H12BrNO4S. The van der Waals surface area contributed by atoms with Crippen LogP contribution in [-0.4, -0.2) is 21.5 Å². The van der Waals surface area contributed by atoms with E-state index in [1.165, 1.54) is 19.2 Å². The maximum atomic E-state index is 12.3. The monoisotopic (exact) mass is 369 g/mol. The average molecular weight is 370 g/mol. The highest BCUT2D eigenvalue weighted by Crippen LogP contribution is 2.24. The zero-order valence-electron chi connectivity index (χ0n) is 11.0. The van der Waals surface area contributed by atoms with Crippen LogP contribution in [0.1, 0.15) is 10.4 Å². The largest absolute Gasteiger partial charge is 0.465 e. The molecule has 2 rings (SSSR count). The molecule has 0 aliphatic heterocycles. The average Bonchev–Trinajstić information content (AvgIpc) is 2.46. The van der Waals surface area contributed by atoms with E-state index >= 15 is 0 Å². The minimum Gasteiger partial charge on any atom is -0.465 e. The Morgan fingerprint density at radius 1 is 1.14 bits per heavy atom. The summed E-state index contributed by atoms with van der Waals surface area (Å²) in [5, 5.41) is 0. The molecular weight excluding hydrogens is 358 g/mol. The van der Waals surface area contributed by atoms with Crippen molar-refractivity contribution in [3.8, 4) is 0 Å². The van der Waals surface area contributed by atoms with Gasteiger partial charge in [0.1, 0.15) is 4.90 Å². The molecule has 2 aromatic rings. The first-order chi connectivity index (χ1) is 9.94.